The molecule has 16 heteroatoms. The van der Waals surface area contributed by atoms with Crippen molar-refractivity contribution in [3.8, 4) is 0 Å². The van der Waals surface area contributed by atoms with Crippen LogP contribution < -0.4 is 5.73 Å². The Morgan fingerprint density at radius 2 is 0.593 bits per heavy atom. The molecule has 0 spiro atoms. The highest BCUT2D eigenvalue weighted by molar-refractivity contribution is 5.81. The van der Waals surface area contributed by atoms with Crippen molar-refractivity contribution in [1.29, 1.82) is 0 Å². The van der Waals surface area contributed by atoms with Gasteiger partial charge in [-0.3, -0.25) is 34.4 Å². The van der Waals surface area contributed by atoms with E-state index in [1.165, 1.54) is 272 Å². The summed E-state index contributed by atoms with van der Waals surface area (Å²) >= 11 is 0. The third kappa shape index (κ3) is 62.7. The highest BCUT2D eigenvalue weighted by Crippen LogP contribution is 2.40. The van der Waals surface area contributed by atoms with Crippen LogP contribution in [0.1, 0.15) is 444 Å². The molecular weight excluding hydrogens is 1530 g/mol. The Morgan fingerprint density at radius 3 is 0.878 bits per heavy atom. The van der Waals surface area contributed by atoms with Crippen molar-refractivity contribution in [2.45, 2.75) is 474 Å². The van der Waals surface area contributed by atoms with E-state index in [9.17, 15) is 28.8 Å². The Labute approximate surface area is 757 Å². The van der Waals surface area contributed by atoms with Crippen molar-refractivity contribution in [1.82, 2.24) is 0 Å². The van der Waals surface area contributed by atoms with Gasteiger partial charge in [0.15, 0.2) is 0 Å². The van der Waals surface area contributed by atoms with Crippen molar-refractivity contribution < 1.29 is 53.2 Å². The van der Waals surface area contributed by atoms with Crippen LogP contribution in [0.4, 0.5) is 0 Å². The summed E-state index contributed by atoms with van der Waals surface area (Å²) in [6.45, 7) is 3.16. The molecule has 6 unspecified atom stereocenters. The number of ether oxygens (including phenoxy) is 4. The van der Waals surface area contributed by atoms with Crippen molar-refractivity contribution in [2.75, 3.05) is 28.4 Å². The molecule has 0 heterocycles. The molecule has 16 nitrogen and oxygen atoms in total. The third-order valence-corrected chi connectivity index (χ3v) is 25.6. The summed E-state index contributed by atoms with van der Waals surface area (Å²) in [7, 11) is 5.65. The van der Waals surface area contributed by atoms with E-state index in [0.717, 1.165) is 152 Å². The lowest BCUT2D eigenvalue weighted by atomic mass is 9.75. The number of carbonyl (C=O) groups is 6. The van der Waals surface area contributed by atoms with Crippen LogP contribution in [-0.4, -0.2) is 120 Å². The van der Waals surface area contributed by atoms with E-state index in [2.05, 4.69) is 114 Å². The molecule has 11 rings (SSSR count). The number of aliphatic imine (C=N–C) groups is 4. The molecule has 5 N–H and O–H groups in total. The van der Waals surface area contributed by atoms with Gasteiger partial charge in [-0.15, -0.1) is 0 Å². The Hall–Kier alpha value is -6.00. The van der Waals surface area contributed by atoms with Crippen LogP contribution >= 0.6 is 0 Å². The lowest BCUT2D eigenvalue weighted by Gasteiger charge is -2.31. The number of aldehydes is 2. The number of carbonyl (C=O) groups excluding carboxylic acids is 6. The average Bonchev–Trinajstić information content (AvgIpc) is 0.856. The minimum absolute atomic E-state index is 0. The summed E-state index contributed by atoms with van der Waals surface area (Å²) < 4.78 is 18.4. The quantitative estimate of drug-likeness (QED) is 0.0228. The molecule has 0 amide bonds. The molecule has 0 aromatic rings. The zero-order valence-electron chi connectivity index (χ0n) is 74.0. The molecular formula is C107H196N5O11+. The first kappa shape index (κ1) is 126. The Balaban J connectivity index is -0.000000438. The van der Waals surface area contributed by atoms with Crippen molar-refractivity contribution in [2.24, 2.45) is 59.7 Å². The van der Waals surface area contributed by atoms with Gasteiger partial charge in [0, 0.05) is 103 Å². The van der Waals surface area contributed by atoms with Crippen LogP contribution in [0.3, 0.4) is 0 Å². The normalized spacial score (nSPS) is 26.3. The van der Waals surface area contributed by atoms with Crippen molar-refractivity contribution >= 4 is 61.3 Å². The van der Waals surface area contributed by atoms with E-state index in [1.807, 2.05) is 0 Å². The van der Waals surface area contributed by atoms with Gasteiger partial charge in [-0.25, -0.2) is 4.79 Å². The number of hydrogen-bond donors (Lipinski definition) is 1. The Morgan fingerprint density at radius 1 is 0.325 bits per heavy atom. The zero-order chi connectivity index (χ0) is 82.7. The molecule has 0 saturated heterocycles. The fourth-order valence-electron chi connectivity index (χ4n) is 17.7. The standard InChI is InChI=1S/2C19H31NO2.2C15H25N.C13H20O3.C9H14O.C6H13N.C4H6O2.7CH4.H2O/c2*1-22-18(21)12-15-19(13-8-3-2-4-9-14-19)16-20-17-10-6-5-7-11-17;2*1-2-5-9-14(10-6-3-1)13-16-15-11-7-4-8-12-15;1-16-12(15)7-10-13(11-14)8-5-3-2-4-6-9-13;10-8-9-6-4-2-1-3-5-7-9;7-6-4-2-1-3-5-6;1-3-4(5)6-2;;;;;;;;/h2*2-3,16-17H,4-15H2,1H3;2*1-2,13-15H,3-12H2;2-3,11H,4-10H2,1H3;1-2,8-9H,3-7H2;6H,1-5,7H2;3H,1H2,2H3;7*1H4;1H2/p+1/b2*3-2-,20-16?;2*2-1-,16-13?;3-2-;2-1-;;;;;;;;;;. The number of nitrogens with zero attached hydrogens (tertiary/aromatic N) is 4. The summed E-state index contributed by atoms with van der Waals surface area (Å²) in [5.41, 5.74) is 5.52. The molecule has 0 aliphatic heterocycles. The van der Waals surface area contributed by atoms with Gasteiger partial charge in [-0.2, -0.15) is 0 Å². The Bertz CT molecular complexity index is 2740. The number of rotatable bonds is 20. The van der Waals surface area contributed by atoms with Crippen molar-refractivity contribution in [3.05, 3.63) is 85.6 Å². The monoisotopic (exact) mass is 1730 g/mol. The SMILES string of the molecule is C.C.C.C.C.C.C.C(=NC1CCCCC1)C1CC/C=C\CCC1.C(=NC1CCCCC1)C1CC/C=C\CCC1.C=CC(=O)OC.COC(=O)CCC1(C=NC2CCCCC2)CC/C=C\CCC1.COC(=O)CCC1(C=NC2CCCCC2)CC/C=C\CCC1.COC(=O)CCC1(C=O)CC/C=C\CCC1.NC1CCCCC1.O=CC1CC/C=C\CCC1.[OH3+]. The fourth-order valence-corrected chi connectivity index (χ4v) is 17.7. The fraction of sp³-hybridized carbons (Fsp3) is 0.776. The van der Waals surface area contributed by atoms with E-state index in [0.29, 0.717) is 61.8 Å². The number of nitrogens with two attached hydrogens (primary N) is 1. The number of hydrogen-bond acceptors (Lipinski definition) is 15. The zero-order valence-corrected chi connectivity index (χ0v) is 74.0. The van der Waals surface area contributed by atoms with Gasteiger partial charge in [0.2, 0.25) is 0 Å². The van der Waals surface area contributed by atoms with E-state index >= 15 is 0 Å². The van der Waals surface area contributed by atoms with Crippen LogP contribution in [0.5, 0.6) is 0 Å². The van der Waals surface area contributed by atoms with Crippen LogP contribution in [0.2, 0.25) is 0 Å². The maximum Gasteiger partial charge on any atom is 0.329 e. The molecule has 0 aromatic carbocycles. The first-order chi connectivity index (χ1) is 56.2. The highest BCUT2D eigenvalue weighted by Gasteiger charge is 2.33. The van der Waals surface area contributed by atoms with Gasteiger partial charge in [-0.1, -0.05) is 228 Å². The minimum Gasteiger partial charge on any atom is -0.469 e. The third-order valence-electron chi connectivity index (χ3n) is 25.6. The van der Waals surface area contributed by atoms with E-state index in [-0.39, 0.29) is 91.6 Å². The largest absolute Gasteiger partial charge is 0.469 e. The predicted molar refractivity (Wildman–Crippen MR) is 534 cm³/mol. The molecule has 714 valence electrons. The van der Waals surface area contributed by atoms with E-state index in [1.54, 1.807) is 0 Å². The second-order valence-electron chi connectivity index (χ2n) is 34.9. The molecule has 5 saturated carbocycles. The van der Waals surface area contributed by atoms with Crippen LogP contribution in [0, 0.1) is 34.0 Å². The molecule has 5 fully saturated rings. The molecule has 11 aliphatic rings. The topological polar surface area (TPSA) is 248 Å². The summed E-state index contributed by atoms with van der Waals surface area (Å²) in [5.74, 6) is 1.05. The maximum absolute atomic E-state index is 11.6. The van der Waals surface area contributed by atoms with Crippen LogP contribution in [-0.2, 0) is 53.2 Å². The summed E-state index contributed by atoms with van der Waals surface area (Å²) in [5, 5.41) is 0. The van der Waals surface area contributed by atoms with E-state index < -0.39 is 5.97 Å². The maximum atomic E-state index is 11.6. The van der Waals surface area contributed by atoms with E-state index in [4.69, 9.17) is 35.2 Å². The molecule has 123 heavy (non-hydrogen) atoms. The van der Waals surface area contributed by atoms with Gasteiger partial charge in [-0.05, 0) is 288 Å². The summed E-state index contributed by atoms with van der Waals surface area (Å²) in [6.07, 6.45) is 112. The first-order valence-corrected chi connectivity index (χ1v) is 46.9. The lowest BCUT2D eigenvalue weighted by molar-refractivity contribution is -0.142. The first-order valence-electron chi connectivity index (χ1n) is 46.9. The predicted octanol–water partition coefficient (Wildman–Crippen LogP) is 28.9. The second-order valence-corrected chi connectivity index (χ2v) is 34.9. The molecule has 6 atom stereocenters. The lowest BCUT2D eigenvalue weighted by Crippen LogP contribution is -2.26. The summed E-state index contributed by atoms with van der Waals surface area (Å²) in [4.78, 5) is 85.3. The minimum atomic E-state index is -0.394. The van der Waals surface area contributed by atoms with Gasteiger partial charge in [0.1, 0.15) is 12.6 Å². The van der Waals surface area contributed by atoms with Crippen LogP contribution in [0.25, 0.3) is 0 Å². The molecule has 0 bridgehead atoms. The van der Waals surface area contributed by atoms with Gasteiger partial charge in [0.25, 0.3) is 0 Å². The van der Waals surface area contributed by atoms with Gasteiger partial charge < -0.3 is 39.7 Å². The highest BCUT2D eigenvalue weighted by atomic mass is 16.5. The Kier molecular flexibility index (Phi) is 84.6. The number of allylic oxidation sites excluding steroid dienone is 12. The number of methoxy groups -OCH3 is 4. The molecule has 0 aromatic heterocycles. The molecule has 11 aliphatic carbocycles. The summed E-state index contributed by atoms with van der Waals surface area (Å²) in [6, 6.07) is 2.90. The second kappa shape index (κ2) is 82.9. The van der Waals surface area contributed by atoms with Crippen LogP contribution in [0.15, 0.2) is 106 Å². The number of esters is 4. The van der Waals surface area contributed by atoms with Gasteiger partial charge in [0.05, 0.1) is 28.4 Å². The van der Waals surface area contributed by atoms with Crippen molar-refractivity contribution in [3.63, 3.8) is 0 Å². The smallest absolute Gasteiger partial charge is 0.329 e. The van der Waals surface area contributed by atoms with Gasteiger partial charge >= 0.3 is 23.9 Å². The molecule has 0 radical (unpaired) electrons. The average molecular weight is 1730 g/mol.